The van der Waals surface area contributed by atoms with Gasteiger partial charge in [0.05, 0.1) is 0 Å². The highest BCUT2D eigenvalue weighted by molar-refractivity contribution is 5.69. The van der Waals surface area contributed by atoms with Crippen molar-refractivity contribution in [3.8, 4) is 0 Å². The summed E-state index contributed by atoms with van der Waals surface area (Å²) >= 11 is 0. The highest BCUT2D eigenvalue weighted by Gasteiger charge is 2.49. The average molecular weight is 539 g/mol. The predicted molar refractivity (Wildman–Crippen MR) is 168 cm³/mol. The molecule has 2 heteroatoms. The molecule has 3 aliphatic carbocycles. The minimum Gasteiger partial charge on any atom is -0.462 e. The maximum Gasteiger partial charge on any atom is 0.306 e. The highest BCUT2D eigenvalue weighted by Crippen LogP contribution is 2.58. The van der Waals surface area contributed by atoms with Crippen LogP contribution in [-0.4, -0.2) is 12.1 Å². The van der Waals surface area contributed by atoms with Gasteiger partial charge in [-0.2, -0.15) is 0 Å². The Labute approximate surface area is 242 Å². The summed E-state index contributed by atoms with van der Waals surface area (Å²) in [5.41, 5.74) is 4.92. The molecule has 222 valence electrons. The molecule has 5 atom stereocenters. The van der Waals surface area contributed by atoms with Gasteiger partial charge < -0.3 is 4.74 Å². The van der Waals surface area contributed by atoms with Crippen LogP contribution in [0.15, 0.2) is 34.9 Å². The number of ether oxygens (including phenoxy) is 1. The molecular weight excluding hydrogens is 476 g/mol. The van der Waals surface area contributed by atoms with Gasteiger partial charge in [-0.25, -0.2) is 0 Å². The van der Waals surface area contributed by atoms with Gasteiger partial charge in [0.15, 0.2) is 0 Å². The van der Waals surface area contributed by atoms with Crippen LogP contribution >= 0.6 is 0 Å². The Kier molecular flexibility index (Phi) is 13.4. The molecule has 2 nitrogen and oxygen atoms in total. The van der Waals surface area contributed by atoms with Crippen LogP contribution in [-0.2, 0) is 9.53 Å². The van der Waals surface area contributed by atoms with Gasteiger partial charge in [-0.05, 0) is 92.1 Å². The van der Waals surface area contributed by atoms with Gasteiger partial charge in [-0.3, -0.25) is 4.79 Å². The van der Waals surface area contributed by atoms with E-state index in [1.807, 2.05) is 0 Å². The van der Waals surface area contributed by atoms with Crippen molar-refractivity contribution < 1.29 is 9.53 Å². The van der Waals surface area contributed by atoms with E-state index in [0.29, 0.717) is 17.8 Å². The molecule has 1 fully saturated rings. The van der Waals surface area contributed by atoms with Crippen LogP contribution in [0.3, 0.4) is 0 Å². The van der Waals surface area contributed by atoms with Crippen LogP contribution in [0.5, 0.6) is 0 Å². The third kappa shape index (κ3) is 9.64. The quantitative estimate of drug-likeness (QED) is 0.144. The Morgan fingerprint density at radius 1 is 1.00 bits per heavy atom. The average Bonchev–Trinajstić information content (AvgIpc) is 3.25. The number of fused-ring (bicyclic) bond motifs is 1. The summed E-state index contributed by atoms with van der Waals surface area (Å²) in [6.45, 7) is 14.4. The van der Waals surface area contributed by atoms with E-state index in [0.717, 1.165) is 49.9 Å². The van der Waals surface area contributed by atoms with Crippen LogP contribution < -0.4 is 0 Å². The van der Waals surface area contributed by atoms with Crippen molar-refractivity contribution in [1.29, 1.82) is 0 Å². The Morgan fingerprint density at radius 2 is 1.74 bits per heavy atom. The van der Waals surface area contributed by atoms with Crippen molar-refractivity contribution in [2.45, 2.75) is 163 Å². The Bertz CT molecular complexity index is 845. The molecule has 1 saturated carbocycles. The van der Waals surface area contributed by atoms with E-state index in [-0.39, 0.29) is 12.1 Å². The van der Waals surface area contributed by atoms with Gasteiger partial charge in [-0.1, -0.05) is 116 Å². The van der Waals surface area contributed by atoms with Gasteiger partial charge in [0, 0.05) is 12.8 Å². The van der Waals surface area contributed by atoms with Gasteiger partial charge in [0.2, 0.25) is 0 Å². The zero-order chi connectivity index (χ0) is 28.3. The predicted octanol–water partition coefficient (Wildman–Crippen LogP) is 11.3. The topological polar surface area (TPSA) is 26.3 Å². The molecule has 39 heavy (non-hydrogen) atoms. The summed E-state index contributed by atoms with van der Waals surface area (Å²) < 4.78 is 5.96. The lowest BCUT2D eigenvalue weighted by Crippen LogP contribution is -2.35. The second kappa shape index (κ2) is 16.2. The molecule has 0 spiro atoms. The molecule has 0 N–H and O–H groups in total. The lowest BCUT2D eigenvalue weighted by molar-refractivity contribution is -0.149. The van der Waals surface area contributed by atoms with Crippen molar-refractivity contribution in [3.63, 3.8) is 0 Å². The fourth-order valence-electron chi connectivity index (χ4n) is 8.07. The summed E-state index contributed by atoms with van der Waals surface area (Å²) in [5.74, 6) is 3.25. The minimum atomic E-state index is 0.0155. The SMILES string of the molecule is CCCCCCCCCC(=O)O[C@H]1CCC(C)=C(/C=C\C2=CCC[C@]3(C)[C@@H]([C@H](C)CCCC(C)C)CC[C@@H]23)C1. The van der Waals surface area contributed by atoms with Crippen LogP contribution in [0.2, 0.25) is 0 Å². The fraction of sp³-hybridized carbons (Fsp3) is 0.811. The first kappa shape index (κ1) is 32.2. The largest absolute Gasteiger partial charge is 0.462 e. The standard InChI is InChI=1S/C37H62O2/c1-7-8-9-10-11-12-13-19-36(38)39-33-23-20-29(4)32(27-33)22-21-31-18-15-26-37(6)34(24-25-35(31)37)30(5)17-14-16-28(2)3/h18,21-22,28,30,33-35H,7-17,19-20,23-27H2,1-6H3/b22-21-/t30-,33+,34-,35+,37-/m1/s1. The van der Waals surface area contributed by atoms with Crippen LogP contribution in [0.4, 0.5) is 0 Å². The summed E-state index contributed by atoms with van der Waals surface area (Å²) in [6, 6.07) is 0. The van der Waals surface area contributed by atoms with Gasteiger partial charge in [0.25, 0.3) is 0 Å². The molecule has 0 saturated heterocycles. The normalized spacial score (nSPS) is 28.2. The molecule has 0 heterocycles. The Hall–Kier alpha value is -1.31. The summed E-state index contributed by atoms with van der Waals surface area (Å²) in [4.78, 5) is 12.5. The number of carbonyl (C=O) groups is 1. The maximum atomic E-state index is 12.5. The first-order valence-electron chi connectivity index (χ1n) is 17.0. The van der Waals surface area contributed by atoms with E-state index in [4.69, 9.17) is 4.74 Å². The number of rotatable bonds is 16. The maximum absolute atomic E-state index is 12.5. The molecule has 0 amide bonds. The van der Waals surface area contributed by atoms with E-state index in [2.05, 4.69) is 59.8 Å². The Morgan fingerprint density at radius 3 is 2.49 bits per heavy atom. The zero-order valence-electron chi connectivity index (χ0n) is 26.7. The van der Waals surface area contributed by atoms with Crippen molar-refractivity contribution >= 4 is 5.97 Å². The smallest absolute Gasteiger partial charge is 0.306 e. The molecule has 0 radical (unpaired) electrons. The number of hydrogen-bond acceptors (Lipinski definition) is 2. The van der Waals surface area contributed by atoms with Gasteiger partial charge in [-0.15, -0.1) is 0 Å². The lowest BCUT2D eigenvalue weighted by Gasteiger charge is -2.43. The number of carbonyl (C=O) groups excluding carboxylic acids is 1. The van der Waals surface area contributed by atoms with E-state index >= 15 is 0 Å². The fourth-order valence-corrected chi connectivity index (χ4v) is 8.07. The van der Waals surface area contributed by atoms with Crippen LogP contribution in [0.1, 0.15) is 157 Å². The second-order valence-corrected chi connectivity index (χ2v) is 14.2. The molecule has 0 aromatic carbocycles. The summed E-state index contributed by atoms with van der Waals surface area (Å²) in [7, 11) is 0. The third-order valence-electron chi connectivity index (χ3n) is 10.6. The van der Waals surface area contributed by atoms with Crippen molar-refractivity contribution in [2.75, 3.05) is 0 Å². The van der Waals surface area contributed by atoms with Gasteiger partial charge >= 0.3 is 5.97 Å². The number of unbranched alkanes of at least 4 members (excludes halogenated alkanes) is 6. The van der Waals surface area contributed by atoms with Crippen molar-refractivity contribution in [3.05, 3.63) is 34.9 Å². The van der Waals surface area contributed by atoms with E-state index < -0.39 is 0 Å². The second-order valence-electron chi connectivity index (χ2n) is 14.2. The molecule has 3 aliphatic rings. The Balaban J connectivity index is 1.49. The monoisotopic (exact) mass is 538 g/mol. The van der Waals surface area contributed by atoms with E-state index in [1.165, 1.54) is 88.2 Å². The summed E-state index contributed by atoms with van der Waals surface area (Å²) in [6.07, 6.45) is 29.0. The van der Waals surface area contributed by atoms with Crippen LogP contribution in [0.25, 0.3) is 0 Å². The number of esters is 1. The lowest BCUT2D eigenvalue weighted by atomic mass is 9.62. The van der Waals surface area contributed by atoms with Crippen LogP contribution in [0, 0.1) is 29.1 Å². The van der Waals surface area contributed by atoms with Crippen molar-refractivity contribution in [2.24, 2.45) is 29.1 Å². The molecule has 0 bridgehead atoms. The minimum absolute atomic E-state index is 0.0155. The molecular formula is C37H62O2. The van der Waals surface area contributed by atoms with Gasteiger partial charge in [0.1, 0.15) is 6.10 Å². The molecule has 3 rings (SSSR count). The molecule has 0 aromatic rings. The number of allylic oxidation sites excluding steroid dienone is 5. The molecule has 0 aromatic heterocycles. The first-order chi connectivity index (χ1) is 18.7. The first-order valence-corrected chi connectivity index (χ1v) is 17.0. The third-order valence-corrected chi connectivity index (χ3v) is 10.6. The van der Waals surface area contributed by atoms with E-state index in [1.54, 1.807) is 5.57 Å². The molecule has 0 unspecified atom stereocenters. The number of hydrogen-bond donors (Lipinski definition) is 0. The van der Waals surface area contributed by atoms with Crippen molar-refractivity contribution in [1.82, 2.24) is 0 Å². The highest BCUT2D eigenvalue weighted by atomic mass is 16.5. The summed E-state index contributed by atoms with van der Waals surface area (Å²) in [5, 5.41) is 0. The molecule has 0 aliphatic heterocycles. The van der Waals surface area contributed by atoms with E-state index in [9.17, 15) is 4.79 Å². The zero-order valence-corrected chi connectivity index (χ0v) is 26.7.